The van der Waals surface area contributed by atoms with E-state index in [1.54, 1.807) is 0 Å². The number of nitrogens with zero attached hydrogens (tertiary/aromatic N) is 1. The highest BCUT2D eigenvalue weighted by Gasteiger charge is 2.68. The third-order valence-corrected chi connectivity index (χ3v) is 6.72. The first-order chi connectivity index (χ1) is 13.4. The van der Waals surface area contributed by atoms with Crippen molar-refractivity contribution in [2.75, 3.05) is 13.1 Å². The molecule has 3 N–H and O–H groups in total. The van der Waals surface area contributed by atoms with Crippen molar-refractivity contribution < 1.29 is 24.2 Å². The summed E-state index contributed by atoms with van der Waals surface area (Å²) in [6, 6.07) is 9.20. The van der Waals surface area contributed by atoms with Gasteiger partial charge in [-0.1, -0.05) is 43.2 Å². The number of ketones is 1. The number of ether oxygens (including phenoxy) is 1. The average molecular weight is 388 g/mol. The normalized spacial score (nSPS) is 27.7. The third-order valence-electron chi connectivity index (χ3n) is 6.72. The van der Waals surface area contributed by atoms with E-state index in [1.165, 1.54) is 11.8 Å². The van der Waals surface area contributed by atoms with Gasteiger partial charge in [-0.25, -0.2) is 9.59 Å². The van der Waals surface area contributed by atoms with Crippen LogP contribution in [0.15, 0.2) is 30.3 Å². The van der Waals surface area contributed by atoms with E-state index in [4.69, 9.17) is 10.5 Å². The van der Waals surface area contributed by atoms with Gasteiger partial charge in [0.25, 0.3) is 0 Å². The molecular weight excluding hydrogens is 360 g/mol. The van der Waals surface area contributed by atoms with Crippen LogP contribution in [-0.2, 0) is 20.9 Å². The Labute approximate surface area is 164 Å². The molecule has 7 heteroatoms. The summed E-state index contributed by atoms with van der Waals surface area (Å²) in [5, 5.41) is 10.2. The second kappa shape index (κ2) is 7.91. The van der Waals surface area contributed by atoms with Crippen LogP contribution >= 0.6 is 0 Å². The number of carbonyl (C=O) groups excluding carboxylic acids is 2. The summed E-state index contributed by atoms with van der Waals surface area (Å²) in [6.07, 6.45) is 3.06. The van der Waals surface area contributed by atoms with Gasteiger partial charge in [-0.15, -0.1) is 0 Å². The molecule has 2 atom stereocenters. The summed E-state index contributed by atoms with van der Waals surface area (Å²) in [5.74, 6) is -1.55. The maximum absolute atomic E-state index is 13.0. The zero-order valence-corrected chi connectivity index (χ0v) is 16.2. The van der Waals surface area contributed by atoms with E-state index in [-0.39, 0.29) is 31.4 Å². The predicted octanol–water partition coefficient (Wildman–Crippen LogP) is 2.58. The number of benzene rings is 1. The highest BCUT2D eigenvalue weighted by atomic mass is 16.6. The average Bonchev–Trinajstić information content (AvgIpc) is 3.34. The van der Waals surface area contributed by atoms with Crippen molar-refractivity contribution >= 4 is 17.8 Å². The number of hydrogen-bond donors (Lipinski definition) is 2. The molecule has 1 aromatic rings. The Hall–Kier alpha value is -2.41. The van der Waals surface area contributed by atoms with Crippen LogP contribution in [0.2, 0.25) is 0 Å². The molecule has 0 bridgehead atoms. The summed E-state index contributed by atoms with van der Waals surface area (Å²) < 4.78 is 5.41. The topological polar surface area (TPSA) is 110 Å². The van der Waals surface area contributed by atoms with Gasteiger partial charge >= 0.3 is 12.1 Å². The highest BCUT2D eigenvalue weighted by molar-refractivity contribution is 5.98. The highest BCUT2D eigenvalue weighted by Crippen LogP contribution is 2.56. The van der Waals surface area contributed by atoms with Crippen LogP contribution in [0.25, 0.3) is 0 Å². The van der Waals surface area contributed by atoms with Gasteiger partial charge in [0.05, 0.1) is 12.0 Å². The minimum atomic E-state index is -1.67. The number of rotatable bonds is 6. The summed E-state index contributed by atoms with van der Waals surface area (Å²) in [7, 11) is 0. The van der Waals surface area contributed by atoms with Crippen LogP contribution in [0.3, 0.4) is 0 Å². The van der Waals surface area contributed by atoms with Gasteiger partial charge in [0, 0.05) is 6.54 Å². The fourth-order valence-electron chi connectivity index (χ4n) is 5.21. The van der Waals surface area contributed by atoms with Crippen molar-refractivity contribution in [3.05, 3.63) is 35.9 Å². The lowest BCUT2D eigenvalue weighted by molar-refractivity contribution is -0.162. The van der Waals surface area contributed by atoms with Crippen molar-refractivity contribution in [1.82, 2.24) is 4.90 Å². The number of likely N-dealkylation sites (tertiary alicyclic amines) is 1. The van der Waals surface area contributed by atoms with Gasteiger partial charge in [0.1, 0.15) is 6.61 Å². The van der Waals surface area contributed by atoms with Crippen LogP contribution < -0.4 is 5.73 Å². The molecule has 0 aromatic heterocycles. The zero-order valence-electron chi connectivity index (χ0n) is 16.2. The van der Waals surface area contributed by atoms with E-state index in [0.717, 1.165) is 31.2 Å². The Balaban J connectivity index is 1.91. The van der Waals surface area contributed by atoms with E-state index in [0.29, 0.717) is 6.42 Å². The SMILES string of the molecule is C[C@]1(C(=O)O)N(C(=O)OCc2ccccc2)CCC1(C(=O)CN)C1CCCC1. The number of carboxylic acids is 1. The second-order valence-electron chi connectivity index (χ2n) is 7.90. The van der Waals surface area contributed by atoms with Crippen LogP contribution in [0, 0.1) is 11.3 Å². The van der Waals surface area contributed by atoms with E-state index >= 15 is 0 Å². The lowest BCUT2D eigenvalue weighted by Gasteiger charge is -2.46. The molecule has 1 saturated carbocycles. The molecule has 1 unspecified atom stereocenters. The molecule has 7 nitrogen and oxygen atoms in total. The van der Waals surface area contributed by atoms with Gasteiger partial charge in [-0.05, 0) is 37.7 Å². The van der Waals surface area contributed by atoms with Crippen molar-refractivity contribution in [2.24, 2.45) is 17.1 Å². The minimum Gasteiger partial charge on any atom is -0.479 e. The Morgan fingerprint density at radius 3 is 2.43 bits per heavy atom. The molecule has 2 aliphatic rings. The van der Waals surface area contributed by atoms with Gasteiger partial charge in [0.15, 0.2) is 11.3 Å². The summed E-state index contributed by atoms with van der Waals surface area (Å²) in [6.45, 7) is 1.47. The van der Waals surface area contributed by atoms with Crippen LogP contribution in [0.4, 0.5) is 4.79 Å². The Bertz CT molecular complexity index is 746. The monoisotopic (exact) mass is 388 g/mol. The molecule has 28 heavy (non-hydrogen) atoms. The number of carbonyl (C=O) groups is 3. The standard InChI is InChI=1S/C21H28N2O5/c1-20(18(25)26)21(17(24)13-22,16-9-5-6-10-16)11-12-23(20)19(27)28-14-15-7-3-2-4-8-15/h2-4,7-8,16H,5-6,9-14,22H2,1H3,(H,25,26)/t20-,21?/m1/s1. The van der Waals surface area contributed by atoms with Gasteiger partial charge < -0.3 is 15.6 Å². The van der Waals surface area contributed by atoms with Crippen molar-refractivity contribution in [1.29, 1.82) is 0 Å². The first kappa shape index (κ1) is 20.3. The quantitative estimate of drug-likeness (QED) is 0.775. The fraction of sp³-hybridized carbons (Fsp3) is 0.571. The Morgan fingerprint density at radius 1 is 1.21 bits per heavy atom. The largest absolute Gasteiger partial charge is 0.479 e. The molecule has 3 rings (SSSR count). The zero-order chi connectivity index (χ0) is 20.4. The number of aliphatic carboxylic acids is 1. The van der Waals surface area contributed by atoms with Crippen molar-refractivity contribution in [3.63, 3.8) is 0 Å². The molecule has 0 spiro atoms. The first-order valence-electron chi connectivity index (χ1n) is 9.83. The maximum Gasteiger partial charge on any atom is 0.411 e. The van der Waals surface area contributed by atoms with Crippen molar-refractivity contribution in [2.45, 2.75) is 51.2 Å². The fourth-order valence-corrected chi connectivity index (χ4v) is 5.21. The number of amides is 1. The number of nitrogens with two attached hydrogens (primary N) is 1. The molecule has 1 heterocycles. The van der Waals surface area contributed by atoms with E-state index < -0.39 is 23.0 Å². The van der Waals surface area contributed by atoms with Gasteiger partial charge in [0.2, 0.25) is 0 Å². The summed E-state index contributed by atoms with van der Waals surface area (Å²) in [4.78, 5) is 39.6. The van der Waals surface area contributed by atoms with Crippen LogP contribution in [0.5, 0.6) is 0 Å². The molecule has 1 amide bonds. The predicted molar refractivity (Wildman–Crippen MR) is 102 cm³/mol. The molecular formula is C21H28N2O5. The lowest BCUT2D eigenvalue weighted by atomic mass is 9.59. The second-order valence-corrected chi connectivity index (χ2v) is 7.90. The number of Topliss-reactive ketones (excluding diaryl/α,β-unsaturated/α-hetero) is 1. The Kier molecular flexibility index (Phi) is 5.74. The van der Waals surface area contributed by atoms with Crippen molar-refractivity contribution in [3.8, 4) is 0 Å². The van der Waals surface area contributed by atoms with Crippen LogP contribution in [-0.4, -0.2) is 46.5 Å². The lowest BCUT2D eigenvalue weighted by Crippen LogP contribution is -2.64. The van der Waals surface area contributed by atoms with E-state index in [9.17, 15) is 19.5 Å². The number of hydrogen-bond acceptors (Lipinski definition) is 5. The molecule has 152 valence electrons. The molecule has 1 saturated heterocycles. The maximum atomic E-state index is 13.0. The van der Waals surface area contributed by atoms with E-state index in [2.05, 4.69) is 0 Å². The number of carboxylic acid groups (broad SMARTS) is 1. The van der Waals surface area contributed by atoms with Crippen LogP contribution in [0.1, 0.15) is 44.6 Å². The summed E-state index contributed by atoms with van der Waals surface area (Å²) in [5.41, 5.74) is 3.67. The molecule has 1 aromatic carbocycles. The van der Waals surface area contributed by atoms with Gasteiger partial charge in [-0.3, -0.25) is 9.69 Å². The first-order valence-corrected chi connectivity index (χ1v) is 9.83. The summed E-state index contributed by atoms with van der Waals surface area (Å²) >= 11 is 0. The minimum absolute atomic E-state index is 0.0487. The molecule has 1 aliphatic carbocycles. The Morgan fingerprint density at radius 2 is 1.86 bits per heavy atom. The third kappa shape index (κ3) is 3.07. The molecule has 2 fully saturated rings. The molecule has 1 aliphatic heterocycles. The van der Waals surface area contributed by atoms with Gasteiger partial charge in [-0.2, -0.15) is 0 Å². The smallest absolute Gasteiger partial charge is 0.411 e. The molecule has 0 radical (unpaired) electrons. The van der Waals surface area contributed by atoms with E-state index in [1.807, 2.05) is 30.3 Å².